The van der Waals surface area contributed by atoms with Crippen molar-refractivity contribution in [3.05, 3.63) is 34.3 Å². The maximum atomic E-state index is 12.5. The Kier molecular flexibility index (Phi) is 3.72. The van der Waals surface area contributed by atoms with Gasteiger partial charge in [-0.2, -0.15) is 0 Å². The van der Waals surface area contributed by atoms with E-state index in [0.717, 1.165) is 30.5 Å². The van der Waals surface area contributed by atoms with E-state index in [2.05, 4.69) is 6.92 Å². The van der Waals surface area contributed by atoms with Gasteiger partial charge in [0, 0.05) is 23.2 Å². The lowest BCUT2D eigenvalue weighted by Gasteiger charge is -2.33. The molecule has 17 heavy (non-hydrogen) atoms. The Hall–Kier alpha value is -1.02. The van der Waals surface area contributed by atoms with Gasteiger partial charge in [-0.25, -0.2) is 0 Å². The third-order valence-corrected chi connectivity index (χ3v) is 3.73. The second-order valence-corrected chi connectivity index (χ2v) is 5.24. The van der Waals surface area contributed by atoms with Crippen molar-refractivity contribution in [3.8, 4) is 0 Å². The first-order valence-electron chi connectivity index (χ1n) is 6.16. The van der Waals surface area contributed by atoms with Gasteiger partial charge in [-0.05, 0) is 50.8 Å². The van der Waals surface area contributed by atoms with Crippen LogP contribution in [-0.2, 0) is 0 Å². The lowest BCUT2D eigenvalue weighted by Crippen LogP contribution is -2.42. The van der Waals surface area contributed by atoms with Crippen LogP contribution >= 0.6 is 11.6 Å². The van der Waals surface area contributed by atoms with Crippen molar-refractivity contribution in [1.29, 1.82) is 0 Å². The number of piperidine rings is 1. The van der Waals surface area contributed by atoms with Crippen LogP contribution in [0.3, 0.4) is 0 Å². The number of hydrogen-bond donors (Lipinski definition) is 0. The number of likely N-dealkylation sites (tertiary alicyclic amines) is 1. The minimum atomic E-state index is 0.122. The largest absolute Gasteiger partial charge is 0.336 e. The number of carbonyl (C=O) groups excluding carboxylic acids is 1. The predicted octanol–water partition coefficient (Wildman–Crippen LogP) is 3.66. The molecule has 0 bridgehead atoms. The van der Waals surface area contributed by atoms with Gasteiger partial charge in [-0.15, -0.1) is 0 Å². The van der Waals surface area contributed by atoms with Gasteiger partial charge in [0.05, 0.1) is 0 Å². The van der Waals surface area contributed by atoms with Crippen molar-refractivity contribution in [2.24, 2.45) is 0 Å². The lowest BCUT2D eigenvalue weighted by atomic mass is 10.0. The minimum Gasteiger partial charge on any atom is -0.336 e. The van der Waals surface area contributed by atoms with Crippen LogP contribution in [-0.4, -0.2) is 23.4 Å². The fraction of sp³-hybridized carbons (Fsp3) is 0.500. The van der Waals surface area contributed by atoms with Crippen molar-refractivity contribution >= 4 is 17.5 Å². The lowest BCUT2D eigenvalue weighted by molar-refractivity contribution is 0.0635. The van der Waals surface area contributed by atoms with Gasteiger partial charge in [0.1, 0.15) is 0 Å². The topological polar surface area (TPSA) is 20.3 Å². The van der Waals surface area contributed by atoms with Crippen LogP contribution < -0.4 is 0 Å². The Bertz CT molecular complexity index is 430. The summed E-state index contributed by atoms with van der Waals surface area (Å²) in [5, 5.41) is 0.628. The van der Waals surface area contributed by atoms with E-state index in [0.29, 0.717) is 11.1 Å². The Balaban J connectivity index is 2.26. The third-order valence-electron chi connectivity index (χ3n) is 3.49. The number of rotatable bonds is 1. The molecular formula is C14H18ClNO. The first-order chi connectivity index (χ1) is 8.09. The van der Waals surface area contributed by atoms with Gasteiger partial charge < -0.3 is 4.90 Å². The second-order valence-electron chi connectivity index (χ2n) is 4.80. The van der Waals surface area contributed by atoms with Crippen LogP contribution in [0.5, 0.6) is 0 Å². The molecule has 1 aliphatic heterocycles. The molecular weight excluding hydrogens is 234 g/mol. The Morgan fingerprint density at radius 2 is 2.18 bits per heavy atom. The molecule has 2 rings (SSSR count). The first-order valence-corrected chi connectivity index (χ1v) is 6.54. The van der Waals surface area contributed by atoms with E-state index >= 15 is 0 Å². The van der Waals surface area contributed by atoms with Crippen LogP contribution in [0.15, 0.2) is 18.2 Å². The van der Waals surface area contributed by atoms with Crippen molar-refractivity contribution in [3.63, 3.8) is 0 Å². The number of nitrogens with zero attached hydrogens (tertiary/aromatic N) is 1. The highest BCUT2D eigenvalue weighted by Gasteiger charge is 2.25. The Morgan fingerprint density at radius 3 is 2.88 bits per heavy atom. The predicted molar refractivity (Wildman–Crippen MR) is 70.5 cm³/mol. The Labute approximate surface area is 108 Å². The maximum Gasteiger partial charge on any atom is 0.254 e. The van der Waals surface area contributed by atoms with E-state index in [1.54, 1.807) is 6.07 Å². The monoisotopic (exact) mass is 251 g/mol. The van der Waals surface area contributed by atoms with Gasteiger partial charge >= 0.3 is 0 Å². The fourth-order valence-electron chi connectivity index (χ4n) is 2.38. The maximum absolute atomic E-state index is 12.5. The third kappa shape index (κ3) is 2.63. The molecule has 1 heterocycles. The van der Waals surface area contributed by atoms with Crippen molar-refractivity contribution in [2.45, 2.75) is 39.2 Å². The normalized spacial score (nSPS) is 20.4. The number of halogens is 1. The molecule has 1 unspecified atom stereocenters. The van der Waals surface area contributed by atoms with Crippen LogP contribution in [0, 0.1) is 6.92 Å². The molecule has 1 aromatic rings. The Morgan fingerprint density at radius 1 is 1.41 bits per heavy atom. The van der Waals surface area contributed by atoms with Crippen LogP contribution in [0.2, 0.25) is 5.02 Å². The summed E-state index contributed by atoms with van der Waals surface area (Å²) in [5.74, 6) is 0.122. The summed E-state index contributed by atoms with van der Waals surface area (Å²) in [6, 6.07) is 5.85. The molecule has 0 aromatic heterocycles. The van der Waals surface area contributed by atoms with Crippen molar-refractivity contribution in [2.75, 3.05) is 6.54 Å². The van der Waals surface area contributed by atoms with Crippen LogP contribution in [0.4, 0.5) is 0 Å². The number of aryl methyl sites for hydroxylation is 1. The quantitative estimate of drug-likeness (QED) is 0.746. The van der Waals surface area contributed by atoms with Crippen molar-refractivity contribution < 1.29 is 4.79 Å². The number of hydrogen-bond acceptors (Lipinski definition) is 1. The average Bonchev–Trinajstić information content (AvgIpc) is 2.32. The first kappa shape index (κ1) is 12.4. The summed E-state index contributed by atoms with van der Waals surface area (Å²) < 4.78 is 0. The highest BCUT2D eigenvalue weighted by atomic mass is 35.5. The zero-order chi connectivity index (χ0) is 12.4. The summed E-state index contributed by atoms with van der Waals surface area (Å²) in [4.78, 5) is 14.4. The van der Waals surface area contributed by atoms with Crippen molar-refractivity contribution in [1.82, 2.24) is 4.90 Å². The van der Waals surface area contributed by atoms with E-state index in [9.17, 15) is 4.79 Å². The number of amides is 1. The highest BCUT2D eigenvalue weighted by Crippen LogP contribution is 2.22. The second kappa shape index (κ2) is 5.09. The number of carbonyl (C=O) groups is 1. The van der Waals surface area contributed by atoms with E-state index < -0.39 is 0 Å². The summed E-state index contributed by atoms with van der Waals surface area (Å²) >= 11 is 5.97. The van der Waals surface area contributed by atoms with E-state index in [1.165, 1.54) is 6.42 Å². The van der Waals surface area contributed by atoms with Crippen LogP contribution in [0.1, 0.15) is 42.1 Å². The summed E-state index contributed by atoms with van der Waals surface area (Å²) in [5.41, 5.74) is 1.74. The number of benzene rings is 1. The smallest absolute Gasteiger partial charge is 0.254 e. The molecule has 1 atom stereocenters. The minimum absolute atomic E-state index is 0.122. The molecule has 0 aliphatic carbocycles. The molecule has 2 nitrogen and oxygen atoms in total. The van der Waals surface area contributed by atoms with E-state index in [4.69, 9.17) is 11.6 Å². The molecule has 1 amide bonds. The summed E-state index contributed by atoms with van der Waals surface area (Å²) in [6.07, 6.45) is 3.43. The zero-order valence-corrected chi connectivity index (χ0v) is 11.1. The van der Waals surface area contributed by atoms with Gasteiger partial charge in [-0.3, -0.25) is 4.79 Å². The SMILES string of the molecule is Cc1ccc(Cl)cc1C(=O)N1CCCCC1C. The molecule has 92 valence electrons. The van der Waals surface area contributed by atoms with Crippen LogP contribution in [0.25, 0.3) is 0 Å². The highest BCUT2D eigenvalue weighted by molar-refractivity contribution is 6.31. The molecule has 1 aromatic carbocycles. The molecule has 0 N–H and O–H groups in total. The summed E-state index contributed by atoms with van der Waals surface area (Å²) in [7, 11) is 0. The van der Waals surface area contributed by atoms with E-state index in [1.807, 2.05) is 24.0 Å². The molecule has 0 spiro atoms. The molecule has 0 radical (unpaired) electrons. The summed E-state index contributed by atoms with van der Waals surface area (Å²) in [6.45, 7) is 4.95. The van der Waals surface area contributed by atoms with Gasteiger partial charge in [0.15, 0.2) is 0 Å². The molecule has 1 aliphatic rings. The average molecular weight is 252 g/mol. The fourth-order valence-corrected chi connectivity index (χ4v) is 2.55. The molecule has 1 saturated heterocycles. The van der Waals surface area contributed by atoms with Gasteiger partial charge in [0.2, 0.25) is 0 Å². The zero-order valence-electron chi connectivity index (χ0n) is 10.4. The molecule has 0 saturated carbocycles. The molecule has 1 fully saturated rings. The van der Waals surface area contributed by atoms with Gasteiger partial charge in [0.25, 0.3) is 5.91 Å². The molecule has 3 heteroatoms. The van der Waals surface area contributed by atoms with E-state index in [-0.39, 0.29) is 5.91 Å². The standard InChI is InChI=1S/C14H18ClNO/c1-10-6-7-12(15)9-13(10)14(17)16-8-4-3-5-11(16)2/h6-7,9,11H,3-5,8H2,1-2H3. The van der Waals surface area contributed by atoms with Gasteiger partial charge in [-0.1, -0.05) is 17.7 Å².